The van der Waals surface area contributed by atoms with Crippen molar-refractivity contribution >= 4 is 5.97 Å². The monoisotopic (exact) mass is 235 g/mol. The van der Waals surface area contributed by atoms with Crippen LogP contribution >= 0.6 is 0 Å². The molecule has 0 N–H and O–H groups in total. The lowest BCUT2D eigenvalue weighted by Gasteiger charge is -2.17. The number of ether oxygens (including phenoxy) is 1. The fourth-order valence-electron chi connectivity index (χ4n) is 1.77. The maximum absolute atomic E-state index is 11.6. The van der Waals surface area contributed by atoms with E-state index < -0.39 is 0 Å². The predicted octanol–water partition coefficient (Wildman–Crippen LogP) is 2.71. The van der Waals surface area contributed by atoms with Crippen LogP contribution in [0, 0.1) is 0 Å². The van der Waals surface area contributed by atoms with Gasteiger partial charge in [0, 0.05) is 6.54 Å². The average molecular weight is 235 g/mol. The van der Waals surface area contributed by atoms with Crippen LogP contribution in [0.4, 0.5) is 0 Å². The first-order valence-corrected chi connectivity index (χ1v) is 6.03. The topological polar surface area (TPSA) is 29.5 Å². The molecule has 0 aliphatic heterocycles. The van der Waals surface area contributed by atoms with Gasteiger partial charge in [0.25, 0.3) is 0 Å². The Morgan fingerprint density at radius 3 is 2.71 bits per heavy atom. The molecule has 94 valence electrons. The first kappa shape index (κ1) is 13.7. The number of benzene rings is 1. The van der Waals surface area contributed by atoms with Crippen molar-refractivity contribution in [2.24, 2.45) is 0 Å². The second kappa shape index (κ2) is 7.07. The van der Waals surface area contributed by atoms with E-state index in [1.165, 1.54) is 20.0 Å². The predicted molar refractivity (Wildman–Crippen MR) is 69.0 cm³/mol. The lowest BCUT2D eigenvalue weighted by Crippen LogP contribution is -2.20. The fourth-order valence-corrected chi connectivity index (χ4v) is 1.77. The minimum atomic E-state index is -0.260. The number of methoxy groups -OCH3 is 1. The summed E-state index contributed by atoms with van der Waals surface area (Å²) < 4.78 is 4.78. The molecule has 1 aromatic carbocycles. The molecule has 0 aliphatic carbocycles. The summed E-state index contributed by atoms with van der Waals surface area (Å²) in [6, 6.07) is 7.61. The Morgan fingerprint density at radius 1 is 1.35 bits per heavy atom. The van der Waals surface area contributed by atoms with Crippen LogP contribution in [0.2, 0.25) is 0 Å². The molecule has 0 atom stereocenters. The van der Waals surface area contributed by atoms with Crippen molar-refractivity contribution in [3.63, 3.8) is 0 Å². The zero-order chi connectivity index (χ0) is 12.7. The summed E-state index contributed by atoms with van der Waals surface area (Å²) >= 11 is 0. The molecule has 0 saturated heterocycles. The Kier molecular flexibility index (Phi) is 5.70. The van der Waals surface area contributed by atoms with E-state index in [1.807, 2.05) is 24.3 Å². The zero-order valence-corrected chi connectivity index (χ0v) is 10.9. The number of carbonyl (C=O) groups is 1. The number of carbonyl (C=O) groups excluding carboxylic acids is 1. The van der Waals surface area contributed by atoms with Gasteiger partial charge in [-0.2, -0.15) is 0 Å². The summed E-state index contributed by atoms with van der Waals surface area (Å²) in [6.45, 7) is 4.01. The van der Waals surface area contributed by atoms with Crippen LogP contribution in [0.15, 0.2) is 24.3 Å². The number of rotatable bonds is 6. The van der Waals surface area contributed by atoms with Crippen molar-refractivity contribution in [3.05, 3.63) is 35.4 Å². The largest absolute Gasteiger partial charge is 0.465 e. The van der Waals surface area contributed by atoms with Crippen molar-refractivity contribution in [1.29, 1.82) is 0 Å². The van der Waals surface area contributed by atoms with E-state index in [1.54, 1.807) is 0 Å². The molecule has 0 radical (unpaired) electrons. The molecule has 0 unspecified atom stereocenters. The molecule has 1 aromatic rings. The quantitative estimate of drug-likeness (QED) is 0.710. The van der Waals surface area contributed by atoms with E-state index >= 15 is 0 Å². The van der Waals surface area contributed by atoms with Gasteiger partial charge in [0.05, 0.1) is 12.7 Å². The highest BCUT2D eigenvalue weighted by atomic mass is 16.5. The summed E-state index contributed by atoms with van der Waals surface area (Å²) in [6.07, 6.45) is 2.36. The van der Waals surface area contributed by atoms with E-state index in [4.69, 9.17) is 4.74 Å². The SMILES string of the molecule is CCCCN(C)Cc1ccccc1C(=O)OC. The van der Waals surface area contributed by atoms with Gasteiger partial charge in [0.1, 0.15) is 0 Å². The highest BCUT2D eigenvalue weighted by Crippen LogP contribution is 2.12. The number of unbranched alkanes of at least 4 members (excludes halogenated alkanes) is 1. The Bertz CT molecular complexity index is 363. The van der Waals surface area contributed by atoms with E-state index in [0.29, 0.717) is 5.56 Å². The molecule has 0 aliphatic rings. The summed E-state index contributed by atoms with van der Waals surface area (Å²) in [4.78, 5) is 13.8. The Labute approximate surface area is 103 Å². The van der Waals surface area contributed by atoms with Crippen LogP contribution in [0.5, 0.6) is 0 Å². The minimum absolute atomic E-state index is 0.260. The van der Waals surface area contributed by atoms with Gasteiger partial charge in [0.2, 0.25) is 0 Å². The number of nitrogens with zero attached hydrogens (tertiary/aromatic N) is 1. The van der Waals surface area contributed by atoms with Crippen LogP contribution < -0.4 is 0 Å². The zero-order valence-electron chi connectivity index (χ0n) is 10.9. The summed E-state index contributed by atoms with van der Waals surface area (Å²) in [5.41, 5.74) is 1.69. The Morgan fingerprint density at radius 2 is 2.06 bits per heavy atom. The van der Waals surface area contributed by atoms with Gasteiger partial charge in [-0.25, -0.2) is 4.79 Å². The third kappa shape index (κ3) is 4.19. The lowest BCUT2D eigenvalue weighted by molar-refractivity contribution is 0.0598. The highest BCUT2D eigenvalue weighted by molar-refractivity contribution is 5.90. The molecule has 17 heavy (non-hydrogen) atoms. The van der Waals surface area contributed by atoms with Crippen LogP contribution in [-0.4, -0.2) is 31.6 Å². The van der Waals surface area contributed by atoms with Crippen molar-refractivity contribution in [2.75, 3.05) is 20.7 Å². The third-order valence-electron chi connectivity index (χ3n) is 2.76. The second-order valence-corrected chi connectivity index (χ2v) is 4.24. The summed E-state index contributed by atoms with van der Waals surface area (Å²) in [5.74, 6) is -0.260. The van der Waals surface area contributed by atoms with Crippen molar-refractivity contribution in [1.82, 2.24) is 4.90 Å². The maximum atomic E-state index is 11.6. The van der Waals surface area contributed by atoms with Crippen LogP contribution in [-0.2, 0) is 11.3 Å². The smallest absolute Gasteiger partial charge is 0.338 e. The molecule has 3 heteroatoms. The van der Waals surface area contributed by atoms with E-state index in [9.17, 15) is 4.79 Å². The molecule has 0 aromatic heterocycles. The average Bonchev–Trinajstić information content (AvgIpc) is 2.36. The van der Waals surface area contributed by atoms with Crippen molar-refractivity contribution < 1.29 is 9.53 Å². The van der Waals surface area contributed by atoms with Gasteiger partial charge in [-0.15, -0.1) is 0 Å². The maximum Gasteiger partial charge on any atom is 0.338 e. The summed E-state index contributed by atoms with van der Waals surface area (Å²) in [5, 5.41) is 0. The van der Waals surface area contributed by atoms with Crippen LogP contribution in [0.1, 0.15) is 35.7 Å². The molecular weight excluding hydrogens is 214 g/mol. The molecule has 0 amide bonds. The number of hydrogen-bond acceptors (Lipinski definition) is 3. The Balaban J connectivity index is 2.73. The van der Waals surface area contributed by atoms with Crippen molar-refractivity contribution in [2.45, 2.75) is 26.3 Å². The first-order valence-electron chi connectivity index (χ1n) is 6.03. The second-order valence-electron chi connectivity index (χ2n) is 4.24. The van der Waals surface area contributed by atoms with Gasteiger partial charge >= 0.3 is 5.97 Å². The molecule has 0 heterocycles. The third-order valence-corrected chi connectivity index (χ3v) is 2.76. The van der Waals surface area contributed by atoms with Gasteiger partial charge in [0.15, 0.2) is 0 Å². The molecule has 0 saturated carbocycles. The number of esters is 1. The standard InChI is InChI=1S/C14H21NO2/c1-4-5-10-15(2)11-12-8-6-7-9-13(12)14(16)17-3/h6-9H,4-5,10-11H2,1-3H3. The van der Waals surface area contributed by atoms with Gasteiger partial charge in [-0.3, -0.25) is 0 Å². The van der Waals surface area contributed by atoms with Gasteiger partial charge in [-0.1, -0.05) is 31.5 Å². The normalized spacial score (nSPS) is 10.6. The molecule has 1 rings (SSSR count). The molecular formula is C14H21NO2. The lowest BCUT2D eigenvalue weighted by atomic mass is 10.1. The molecule has 0 spiro atoms. The van der Waals surface area contributed by atoms with Crippen molar-refractivity contribution in [3.8, 4) is 0 Å². The van der Waals surface area contributed by atoms with E-state index in [-0.39, 0.29) is 5.97 Å². The first-order chi connectivity index (χ1) is 8.19. The van der Waals surface area contributed by atoms with Crippen LogP contribution in [0.25, 0.3) is 0 Å². The minimum Gasteiger partial charge on any atom is -0.465 e. The van der Waals surface area contributed by atoms with E-state index in [2.05, 4.69) is 18.9 Å². The molecule has 0 bridgehead atoms. The molecule has 0 fully saturated rings. The summed E-state index contributed by atoms with van der Waals surface area (Å²) in [7, 11) is 3.49. The fraction of sp³-hybridized carbons (Fsp3) is 0.500. The van der Waals surface area contributed by atoms with Gasteiger partial charge < -0.3 is 9.64 Å². The van der Waals surface area contributed by atoms with E-state index in [0.717, 1.165) is 18.7 Å². The van der Waals surface area contributed by atoms with Gasteiger partial charge in [-0.05, 0) is 31.6 Å². The highest BCUT2D eigenvalue weighted by Gasteiger charge is 2.11. The molecule has 3 nitrogen and oxygen atoms in total. The Hall–Kier alpha value is -1.35. The van der Waals surface area contributed by atoms with Crippen LogP contribution in [0.3, 0.4) is 0 Å². The number of hydrogen-bond donors (Lipinski definition) is 0.